The highest BCUT2D eigenvalue weighted by molar-refractivity contribution is 5.74. The van der Waals surface area contributed by atoms with Gasteiger partial charge in [-0.3, -0.25) is 9.55 Å². The van der Waals surface area contributed by atoms with Crippen LogP contribution in [0.25, 0.3) is 11.2 Å². The molecule has 0 aromatic carbocycles. The average molecular weight is 295 g/mol. The summed E-state index contributed by atoms with van der Waals surface area (Å²) in [5, 5.41) is 0. The quantitative estimate of drug-likeness (QED) is 0.705. The lowest BCUT2D eigenvalue weighted by atomic mass is 10.3. The lowest BCUT2D eigenvalue weighted by molar-refractivity contribution is 0.626. The van der Waals surface area contributed by atoms with Gasteiger partial charge >= 0.3 is 0 Å². The fourth-order valence-corrected chi connectivity index (χ4v) is 2.88. The van der Waals surface area contributed by atoms with Crippen molar-refractivity contribution in [1.29, 1.82) is 0 Å². The highest BCUT2D eigenvalue weighted by Gasteiger charge is 2.22. The number of imidazole rings is 1. The minimum atomic E-state index is 0.910. The highest BCUT2D eigenvalue weighted by Crippen LogP contribution is 2.21. The summed E-state index contributed by atoms with van der Waals surface area (Å²) in [6.07, 6.45) is 7.06. The molecule has 7 nitrogen and oxygen atoms in total. The predicted molar refractivity (Wildman–Crippen MR) is 85.0 cm³/mol. The number of hydrogen-bond acceptors (Lipinski definition) is 6. The van der Waals surface area contributed by atoms with Crippen molar-refractivity contribution in [2.45, 2.75) is 0 Å². The molecule has 0 aliphatic carbocycles. The standard InChI is InChI=1S/C15H17N7/c1-20-14-12(3-2-4-18-14)19-15(20)22-9-7-21(8-10-22)13-11-16-5-6-17-13/h2-6,11H,7-10H2,1H3. The summed E-state index contributed by atoms with van der Waals surface area (Å²) >= 11 is 0. The molecule has 0 atom stereocenters. The van der Waals surface area contributed by atoms with Crippen LogP contribution in [0.15, 0.2) is 36.9 Å². The van der Waals surface area contributed by atoms with Crippen LogP contribution in [0.3, 0.4) is 0 Å². The number of piperazine rings is 1. The zero-order valence-electron chi connectivity index (χ0n) is 12.4. The normalized spacial score (nSPS) is 15.5. The van der Waals surface area contributed by atoms with E-state index in [2.05, 4.69) is 29.3 Å². The Kier molecular flexibility index (Phi) is 3.10. The molecule has 0 bridgehead atoms. The van der Waals surface area contributed by atoms with Gasteiger partial charge in [0.05, 0.1) is 6.20 Å². The third-order valence-corrected chi connectivity index (χ3v) is 4.04. The van der Waals surface area contributed by atoms with Crippen molar-refractivity contribution in [1.82, 2.24) is 24.5 Å². The van der Waals surface area contributed by atoms with Gasteiger partial charge in [0.2, 0.25) is 5.95 Å². The molecule has 1 aliphatic rings. The third kappa shape index (κ3) is 2.14. The lowest BCUT2D eigenvalue weighted by Gasteiger charge is -2.35. The summed E-state index contributed by atoms with van der Waals surface area (Å²) in [5.74, 6) is 1.92. The second kappa shape index (κ2) is 5.25. The van der Waals surface area contributed by atoms with Gasteiger partial charge in [-0.15, -0.1) is 0 Å². The minimum Gasteiger partial charge on any atom is -0.352 e. The molecule has 7 heteroatoms. The summed E-state index contributed by atoms with van der Waals surface area (Å²) in [7, 11) is 2.02. The van der Waals surface area contributed by atoms with E-state index in [1.54, 1.807) is 18.6 Å². The molecule has 4 heterocycles. The van der Waals surface area contributed by atoms with Gasteiger partial charge in [0.1, 0.15) is 11.3 Å². The number of nitrogens with zero attached hydrogens (tertiary/aromatic N) is 7. The van der Waals surface area contributed by atoms with Gasteiger partial charge in [-0.1, -0.05) is 0 Å². The molecule has 3 aromatic rings. The number of hydrogen-bond donors (Lipinski definition) is 0. The van der Waals surface area contributed by atoms with Gasteiger partial charge in [-0.05, 0) is 12.1 Å². The van der Waals surface area contributed by atoms with E-state index in [1.165, 1.54) is 0 Å². The van der Waals surface area contributed by atoms with E-state index in [0.717, 1.165) is 49.1 Å². The number of fused-ring (bicyclic) bond motifs is 1. The van der Waals surface area contributed by atoms with Gasteiger partial charge in [0, 0.05) is 51.8 Å². The summed E-state index contributed by atoms with van der Waals surface area (Å²) in [4.78, 5) is 22.2. The number of anilines is 2. The Morgan fingerprint density at radius 2 is 1.77 bits per heavy atom. The summed E-state index contributed by atoms with van der Waals surface area (Å²) in [6, 6.07) is 3.92. The first kappa shape index (κ1) is 13.0. The first-order valence-electron chi connectivity index (χ1n) is 7.36. The Morgan fingerprint density at radius 1 is 0.955 bits per heavy atom. The maximum Gasteiger partial charge on any atom is 0.207 e. The van der Waals surface area contributed by atoms with Crippen LogP contribution in [0.5, 0.6) is 0 Å². The zero-order chi connectivity index (χ0) is 14.9. The Balaban J connectivity index is 1.54. The molecule has 1 saturated heterocycles. The highest BCUT2D eigenvalue weighted by atomic mass is 15.4. The average Bonchev–Trinajstić information content (AvgIpc) is 2.93. The fourth-order valence-electron chi connectivity index (χ4n) is 2.88. The molecule has 3 aromatic heterocycles. The molecule has 0 unspecified atom stereocenters. The summed E-state index contributed by atoms with van der Waals surface area (Å²) in [5.41, 5.74) is 1.87. The van der Waals surface area contributed by atoms with E-state index < -0.39 is 0 Å². The second-order valence-electron chi connectivity index (χ2n) is 5.35. The van der Waals surface area contributed by atoms with Crippen LogP contribution in [0.4, 0.5) is 11.8 Å². The molecule has 4 rings (SSSR count). The molecule has 0 radical (unpaired) electrons. The van der Waals surface area contributed by atoms with Gasteiger partial charge in [-0.25, -0.2) is 15.0 Å². The molecular formula is C15H17N7. The SMILES string of the molecule is Cn1c(N2CCN(c3cnccn3)CC2)nc2cccnc21. The van der Waals surface area contributed by atoms with Gasteiger partial charge in [-0.2, -0.15) is 0 Å². The summed E-state index contributed by atoms with van der Waals surface area (Å²) < 4.78 is 2.06. The van der Waals surface area contributed by atoms with Gasteiger partial charge < -0.3 is 9.80 Å². The third-order valence-electron chi connectivity index (χ3n) is 4.04. The Morgan fingerprint density at radius 3 is 2.50 bits per heavy atom. The van der Waals surface area contributed by atoms with Crippen LogP contribution < -0.4 is 9.80 Å². The number of aryl methyl sites for hydroxylation is 1. The maximum absolute atomic E-state index is 4.71. The molecule has 1 fully saturated rings. The van der Waals surface area contributed by atoms with Crippen LogP contribution in [-0.4, -0.2) is 50.7 Å². The molecule has 0 amide bonds. The minimum absolute atomic E-state index is 0.910. The van der Waals surface area contributed by atoms with Crippen LogP contribution in [0, 0.1) is 0 Å². The maximum atomic E-state index is 4.71. The van der Waals surface area contributed by atoms with Crippen LogP contribution in [-0.2, 0) is 7.05 Å². The molecule has 0 N–H and O–H groups in total. The Hall–Kier alpha value is -2.70. The van der Waals surface area contributed by atoms with Gasteiger partial charge in [0.15, 0.2) is 5.65 Å². The van der Waals surface area contributed by atoms with E-state index in [9.17, 15) is 0 Å². The van der Waals surface area contributed by atoms with Crippen molar-refractivity contribution in [3.63, 3.8) is 0 Å². The van der Waals surface area contributed by atoms with E-state index in [-0.39, 0.29) is 0 Å². The van der Waals surface area contributed by atoms with Crippen LogP contribution in [0.1, 0.15) is 0 Å². The first-order chi connectivity index (χ1) is 10.8. The molecule has 112 valence electrons. The van der Waals surface area contributed by atoms with Crippen molar-refractivity contribution in [3.05, 3.63) is 36.9 Å². The van der Waals surface area contributed by atoms with Crippen molar-refractivity contribution >= 4 is 22.9 Å². The number of aromatic nitrogens is 5. The van der Waals surface area contributed by atoms with Crippen LogP contribution in [0.2, 0.25) is 0 Å². The number of rotatable bonds is 2. The topological polar surface area (TPSA) is 63.0 Å². The lowest BCUT2D eigenvalue weighted by Crippen LogP contribution is -2.47. The van der Waals surface area contributed by atoms with Crippen molar-refractivity contribution in [2.75, 3.05) is 36.0 Å². The van der Waals surface area contributed by atoms with E-state index >= 15 is 0 Å². The molecule has 1 aliphatic heterocycles. The number of pyridine rings is 1. The van der Waals surface area contributed by atoms with Crippen molar-refractivity contribution < 1.29 is 0 Å². The molecule has 22 heavy (non-hydrogen) atoms. The smallest absolute Gasteiger partial charge is 0.207 e. The fraction of sp³-hybridized carbons (Fsp3) is 0.333. The van der Waals surface area contributed by atoms with Gasteiger partial charge in [0.25, 0.3) is 0 Å². The second-order valence-corrected chi connectivity index (χ2v) is 5.35. The van der Waals surface area contributed by atoms with Crippen molar-refractivity contribution in [3.8, 4) is 0 Å². The van der Waals surface area contributed by atoms with E-state index in [1.807, 2.05) is 25.4 Å². The summed E-state index contributed by atoms with van der Waals surface area (Å²) in [6.45, 7) is 3.64. The monoisotopic (exact) mass is 295 g/mol. The Bertz CT molecular complexity index is 775. The Labute approximate surface area is 128 Å². The molecule has 0 spiro atoms. The van der Waals surface area contributed by atoms with E-state index in [4.69, 9.17) is 4.98 Å². The van der Waals surface area contributed by atoms with E-state index in [0.29, 0.717) is 0 Å². The first-order valence-corrected chi connectivity index (χ1v) is 7.36. The van der Waals surface area contributed by atoms with Crippen molar-refractivity contribution in [2.24, 2.45) is 7.05 Å². The zero-order valence-corrected chi connectivity index (χ0v) is 12.4. The molecular weight excluding hydrogens is 278 g/mol. The molecule has 0 saturated carbocycles. The van der Waals surface area contributed by atoms with Crippen LogP contribution >= 0.6 is 0 Å². The predicted octanol–water partition coefficient (Wildman–Crippen LogP) is 1.08. The largest absolute Gasteiger partial charge is 0.352 e.